The van der Waals surface area contributed by atoms with Crippen LogP contribution in [0.4, 0.5) is 0 Å². The van der Waals surface area contributed by atoms with Crippen LogP contribution in [0.1, 0.15) is 26.2 Å². The summed E-state index contributed by atoms with van der Waals surface area (Å²) in [6.07, 6.45) is 6.70. The Hall–Kier alpha value is 0.283. The average molecular weight is 213 g/mol. The molecule has 0 saturated heterocycles. The van der Waals surface area contributed by atoms with E-state index in [2.05, 4.69) is 30.3 Å². The van der Waals surface area contributed by atoms with Crippen LogP contribution in [-0.4, -0.2) is 13.3 Å². The van der Waals surface area contributed by atoms with Crippen molar-refractivity contribution in [2.45, 2.75) is 43.5 Å². The molecule has 0 saturated carbocycles. The average Bonchev–Trinajstić information content (AvgIpc) is 1.86. The first-order valence-corrected chi connectivity index (χ1v) is 12.0. The van der Waals surface area contributed by atoms with Crippen LogP contribution in [0.5, 0.6) is 0 Å². The van der Waals surface area contributed by atoms with Crippen LogP contribution in [0.25, 0.3) is 0 Å². The summed E-state index contributed by atoms with van der Waals surface area (Å²) in [6.45, 7) is 2.39. The molecule has 0 heterocycles. The van der Waals surface area contributed by atoms with E-state index in [-0.39, 0.29) is 0 Å². The van der Waals surface area contributed by atoms with Gasteiger partial charge in [0.15, 0.2) is 0 Å². The third-order valence-corrected chi connectivity index (χ3v) is 7.48. The summed E-state index contributed by atoms with van der Waals surface area (Å²) in [4.78, 5) is 0. The van der Waals surface area contributed by atoms with Crippen LogP contribution in [0.3, 0.4) is 0 Å². The van der Waals surface area contributed by atoms with E-state index in [1.165, 1.54) is 19.3 Å². The molecule has 0 aromatic carbocycles. The molecule has 0 amide bonds. The van der Waals surface area contributed by atoms with Crippen LogP contribution < -0.4 is 0 Å². The van der Waals surface area contributed by atoms with Crippen molar-refractivity contribution in [2.24, 2.45) is 5.92 Å². The Kier molecular flexibility index (Phi) is 2.85. The van der Waals surface area contributed by atoms with Crippen molar-refractivity contribution >= 4 is 13.3 Å². The summed E-state index contributed by atoms with van der Waals surface area (Å²) in [7, 11) is 0. The third-order valence-electron chi connectivity index (χ3n) is 2.58. The van der Waals surface area contributed by atoms with E-state index in [0.29, 0.717) is 0 Å². The molecule has 1 atom stereocenters. The van der Waals surface area contributed by atoms with Gasteiger partial charge in [-0.25, -0.2) is 0 Å². The van der Waals surface area contributed by atoms with E-state index in [1.807, 2.05) is 4.41 Å². The minimum absolute atomic E-state index is 0.958. The molecule has 0 unspecified atom stereocenters. The first-order chi connectivity index (χ1) is 5.00. The Morgan fingerprint density at radius 1 is 1.36 bits per heavy atom. The maximum absolute atomic E-state index is 2.53. The number of allylic oxidation sites excluding steroid dienone is 2. The van der Waals surface area contributed by atoms with E-state index < -0.39 is 13.3 Å². The zero-order valence-electron chi connectivity index (χ0n) is 8.28. The summed E-state index contributed by atoms with van der Waals surface area (Å²) in [5.74, 6) is 8.47. The molecule has 1 heteroatoms. The van der Waals surface area contributed by atoms with Gasteiger partial charge in [-0.15, -0.1) is 0 Å². The summed E-state index contributed by atoms with van der Waals surface area (Å²) in [5.41, 5.74) is 0. The Labute approximate surface area is 73.4 Å². The van der Waals surface area contributed by atoms with E-state index in [0.717, 1.165) is 5.92 Å². The van der Waals surface area contributed by atoms with Gasteiger partial charge in [0.25, 0.3) is 0 Å². The van der Waals surface area contributed by atoms with Gasteiger partial charge in [0.05, 0.1) is 0 Å². The van der Waals surface area contributed by atoms with Gasteiger partial charge >= 0.3 is 73.1 Å². The van der Waals surface area contributed by atoms with E-state index >= 15 is 0 Å². The zero-order valence-corrected chi connectivity index (χ0v) is 10.4. The molecule has 0 N–H and O–H groups in total. The van der Waals surface area contributed by atoms with Gasteiger partial charge in [-0.3, -0.25) is 0 Å². The number of hydrogen-bond donors (Lipinski definition) is 0. The summed E-state index contributed by atoms with van der Waals surface area (Å²) in [6, 6.07) is 0. The fraction of sp³-hybridized carbons (Fsp3) is 0.800. The second kappa shape index (κ2) is 3.34. The molecule has 0 aromatic rings. The molecule has 0 radical (unpaired) electrons. The Morgan fingerprint density at radius 2 is 2.00 bits per heavy atom. The fourth-order valence-corrected chi connectivity index (χ4v) is 5.32. The molecule has 1 rings (SSSR count). The van der Waals surface area contributed by atoms with Crippen molar-refractivity contribution in [1.29, 1.82) is 0 Å². The van der Waals surface area contributed by atoms with Crippen LogP contribution in [-0.2, 0) is 0 Å². The van der Waals surface area contributed by atoms with E-state index in [1.54, 1.807) is 0 Å². The molecule has 1 aliphatic rings. The van der Waals surface area contributed by atoms with Gasteiger partial charge in [0.2, 0.25) is 0 Å². The summed E-state index contributed by atoms with van der Waals surface area (Å²) >= 11 is -1.41. The summed E-state index contributed by atoms with van der Waals surface area (Å²) in [5, 5.41) is 0. The van der Waals surface area contributed by atoms with E-state index in [9.17, 15) is 0 Å². The first-order valence-electron chi connectivity index (χ1n) is 4.69. The van der Waals surface area contributed by atoms with Crippen molar-refractivity contribution in [3.63, 3.8) is 0 Å². The predicted molar refractivity (Wildman–Crippen MR) is 54.4 cm³/mol. The SMILES string of the molecule is C[C@H]1CCC=[C]([Ge]([CH3])([CH3])[CH3])C1. The van der Waals surface area contributed by atoms with E-state index in [4.69, 9.17) is 0 Å². The van der Waals surface area contributed by atoms with Gasteiger partial charge in [-0.05, 0) is 0 Å². The second-order valence-corrected chi connectivity index (χ2v) is 15.7. The molecule has 0 bridgehead atoms. The van der Waals surface area contributed by atoms with Gasteiger partial charge in [-0.1, -0.05) is 0 Å². The molecule has 0 fully saturated rings. The molecule has 64 valence electrons. The third kappa shape index (κ3) is 2.66. The Balaban J connectivity index is 2.65. The van der Waals surface area contributed by atoms with Crippen LogP contribution >= 0.6 is 0 Å². The van der Waals surface area contributed by atoms with Crippen molar-refractivity contribution in [1.82, 2.24) is 0 Å². The molecule has 0 spiro atoms. The molecular formula is C10H20Ge. The van der Waals surface area contributed by atoms with Crippen LogP contribution in [0, 0.1) is 5.92 Å². The van der Waals surface area contributed by atoms with Gasteiger partial charge in [0, 0.05) is 0 Å². The van der Waals surface area contributed by atoms with Crippen molar-refractivity contribution in [2.75, 3.05) is 0 Å². The molecule has 1 aliphatic carbocycles. The minimum atomic E-state index is -1.41. The molecule has 0 nitrogen and oxygen atoms in total. The Bertz CT molecular complexity index is 162. The summed E-state index contributed by atoms with van der Waals surface area (Å²) < 4.78 is 1.85. The number of rotatable bonds is 1. The number of hydrogen-bond acceptors (Lipinski definition) is 0. The van der Waals surface area contributed by atoms with Gasteiger partial charge in [0.1, 0.15) is 0 Å². The first kappa shape index (κ1) is 9.37. The topological polar surface area (TPSA) is 0 Å². The quantitative estimate of drug-likeness (QED) is 0.583. The fourth-order valence-electron chi connectivity index (χ4n) is 1.72. The molecule has 0 aromatic heterocycles. The second-order valence-electron chi connectivity index (χ2n) is 4.87. The monoisotopic (exact) mass is 214 g/mol. The Morgan fingerprint density at radius 3 is 2.36 bits per heavy atom. The molecule has 0 aliphatic heterocycles. The molecule has 11 heavy (non-hydrogen) atoms. The maximum atomic E-state index is 2.53. The normalized spacial score (nSPS) is 26.5. The van der Waals surface area contributed by atoms with Gasteiger partial charge in [-0.2, -0.15) is 0 Å². The van der Waals surface area contributed by atoms with Gasteiger partial charge < -0.3 is 0 Å². The van der Waals surface area contributed by atoms with Crippen molar-refractivity contribution in [3.05, 3.63) is 10.5 Å². The van der Waals surface area contributed by atoms with Crippen LogP contribution in [0.15, 0.2) is 10.5 Å². The standard InChI is InChI=1S/C10H20Ge/c1-9-6-5-7-10(8-9)11(2,3)4/h7,9H,5-6,8H2,1-4H3/t9-/m0/s1. The van der Waals surface area contributed by atoms with Crippen LogP contribution in [0.2, 0.25) is 17.3 Å². The van der Waals surface area contributed by atoms with Crippen molar-refractivity contribution < 1.29 is 0 Å². The zero-order chi connectivity index (χ0) is 8.48. The predicted octanol–water partition coefficient (Wildman–Crippen LogP) is 3.61. The van der Waals surface area contributed by atoms with Crippen molar-refractivity contribution in [3.8, 4) is 0 Å². The molecular weight excluding hydrogens is 193 g/mol.